The van der Waals surface area contributed by atoms with Crippen molar-refractivity contribution in [2.75, 3.05) is 0 Å². The minimum absolute atomic E-state index is 0.895. The molecule has 10 aromatic carbocycles. The van der Waals surface area contributed by atoms with Gasteiger partial charge in [0.15, 0.2) is 0 Å². The minimum Gasteiger partial charge on any atom is -0.456 e. The van der Waals surface area contributed by atoms with Crippen LogP contribution in [-0.4, -0.2) is 0 Å². The molecule has 0 bridgehead atoms. The molecule has 1 nitrogen and oxygen atoms in total. The van der Waals surface area contributed by atoms with Crippen molar-refractivity contribution >= 4 is 65.0 Å². The minimum atomic E-state index is 0.895. The first kappa shape index (κ1) is 29.7. The number of rotatable bonds is 4. The first-order chi connectivity index (χ1) is 26.3. The normalized spacial score (nSPS) is 11.8. The molecule has 0 amide bonds. The summed E-state index contributed by atoms with van der Waals surface area (Å²) in [6.07, 6.45) is 0. The molecular weight excluding hydrogens is 641 g/mol. The Morgan fingerprint density at radius 3 is 1.47 bits per heavy atom. The largest absolute Gasteiger partial charge is 0.456 e. The molecule has 0 aliphatic carbocycles. The van der Waals surface area contributed by atoms with Crippen molar-refractivity contribution in [1.82, 2.24) is 0 Å². The maximum absolute atomic E-state index is 6.72. The SMILES string of the molecule is c1ccc(-c2ccc3c(-c4c5ccccc5c(-c5c6ccccc6cc6oc7ccc(-c8ccccc8)cc7c56)c5ccccc45)cccc3c2)cc1. The molecule has 0 fully saturated rings. The van der Waals surface area contributed by atoms with Gasteiger partial charge in [0, 0.05) is 16.3 Å². The van der Waals surface area contributed by atoms with E-state index in [1.54, 1.807) is 0 Å². The van der Waals surface area contributed by atoms with Crippen molar-refractivity contribution in [3.05, 3.63) is 194 Å². The van der Waals surface area contributed by atoms with Crippen molar-refractivity contribution in [2.45, 2.75) is 0 Å². The maximum Gasteiger partial charge on any atom is 0.136 e. The Hall–Kier alpha value is -6.96. The van der Waals surface area contributed by atoms with Crippen LogP contribution in [0.3, 0.4) is 0 Å². The lowest BCUT2D eigenvalue weighted by Gasteiger charge is -2.20. The van der Waals surface area contributed by atoms with E-state index in [0.717, 1.165) is 27.3 Å². The Bertz CT molecular complexity index is 3150. The van der Waals surface area contributed by atoms with Gasteiger partial charge in [-0.3, -0.25) is 0 Å². The van der Waals surface area contributed by atoms with E-state index in [0.29, 0.717) is 0 Å². The molecule has 246 valence electrons. The summed E-state index contributed by atoms with van der Waals surface area (Å²) in [5.41, 5.74) is 11.6. The highest BCUT2D eigenvalue weighted by Crippen LogP contribution is 2.50. The summed E-state index contributed by atoms with van der Waals surface area (Å²) >= 11 is 0. The topological polar surface area (TPSA) is 13.1 Å². The van der Waals surface area contributed by atoms with Gasteiger partial charge in [0.1, 0.15) is 11.2 Å². The number of hydrogen-bond acceptors (Lipinski definition) is 1. The van der Waals surface area contributed by atoms with Gasteiger partial charge in [0.2, 0.25) is 0 Å². The van der Waals surface area contributed by atoms with Gasteiger partial charge >= 0.3 is 0 Å². The van der Waals surface area contributed by atoms with Gasteiger partial charge < -0.3 is 4.42 Å². The summed E-state index contributed by atoms with van der Waals surface area (Å²) in [6.45, 7) is 0. The fraction of sp³-hybridized carbons (Fsp3) is 0. The van der Waals surface area contributed by atoms with Crippen LogP contribution in [0.2, 0.25) is 0 Å². The van der Waals surface area contributed by atoms with Crippen LogP contribution in [0.25, 0.3) is 110 Å². The van der Waals surface area contributed by atoms with Crippen LogP contribution in [0.4, 0.5) is 0 Å². The zero-order valence-electron chi connectivity index (χ0n) is 28.9. The van der Waals surface area contributed by atoms with E-state index in [9.17, 15) is 0 Å². The molecule has 1 aromatic heterocycles. The molecule has 0 unspecified atom stereocenters. The maximum atomic E-state index is 6.72. The van der Waals surface area contributed by atoms with Crippen LogP contribution in [0.15, 0.2) is 199 Å². The Kier molecular flexibility index (Phi) is 6.62. The fourth-order valence-corrected chi connectivity index (χ4v) is 8.67. The van der Waals surface area contributed by atoms with Crippen LogP contribution in [0, 0.1) is 0 Å². The van der Waals surface area contributed by atoms with Crippen LogP contribution in [-0.2, 0) is 0 Å². The average molecular weight is 673 g/mol. The Morgan fingerprint density at radius 1 is 0.264 bits per heavy atom. The zero-order chi connectivity index (χ0) is 34.9. The third kappa shape index (κ3) is 4.64. The second-order valence-electron chi connectivity index (χ2n) is 14.0. The van der Waals surface area contributed by atoms with E-state index in [2.05, 4.69) is 194 Å². The van der Waals surface area contributed by atoms with Crippen molar-refractivity contribution in [3.63, 3.8) is 0 Å². The molecule has 0 aliphatic rings. The summed E-state index contributed by atoms with van der Waals surface area (Å²) in [4.78, 5) is 0. The third-order valence-corrected chi connectivity index (χ3v) is 11.0. The van der Waals surface area contributed by atoms with Gasteiger partial charge in [0.25, 0.3) is 0 Å². The van der Waals surface area contributed by atoms with E-state index >= 15 is 0 Å². The van der Waals surface area contributed by atoms with E-state index < -0.39 is 0 Å². The zero-order valence-corrected chi connectivity index (χ0v) is 28.9. The number of benzene rings is 10. The van der Waals surface area contributed by atoms with Gasteiger partial charge in [0.05, 0.1) is 0 Å². The second kappa shape index (κ2) is 11.8. The monoisotopic (exact) mass is 672 g/mol. The van der Waals surface area contributed by atoms with Crippen LogP contribution in [0.1, 0.15) is 0 Å². The molecule has 0 saturated heterocycles. The molecule has 0 saturated carbocycles. The molecule has 0 aliphatic heterocycles. The summed E-state index contributed by atoms with van der Waals surface area (Å²) in [7, 11) is 0. The van der Waals surface area contributed by atoms with E-state index in [-0.39, 0.29) is 0 Å². The Morgan fingerprint density at radius 2 is 0.792 bits per heavy atom. The molecule has 1 heteroatoms. The molecule has 1 heterocycles. The molecule has 0 radical (unpaired) electrons. The highest BCUT2D eigenvalue weighted by Gasteiger charge is 2.23. The third-order valence-electron chi connectivity index (χ3n) is 11.0. The highest BCUT2D eigenvalue weighted by molar-refractivity contribution is 6.31. The van der Waals surface area contributed by atoms with E-state index in [4.69, 9.17) is 4.42 Å². The summed E-state index contributed by atoms with van der Waals surface area (Å²) < 4.78 is 6.72. The predicted octanol–water partition coefficient (Wildman–Crippen LogP) is 14.9. The second-order valence-corrected chi connectivity index (χ2v) is 14.0. The van der Waals surface area contributed by atoms with Crippen LogP contribution in [0.5, 0.6) is 0 Å². The summed E-state index contributed by atoms with van der Waals surface area (Å²) in [6, 6.07) is 70.5. The number of furan rings is 1. The quantitative estimate of drug-likeness (QED) is 0.170. The molecule has 53 heavy (non-hydrogen) atoms. The Labute approximate surface area is 307 Å². The summed E-state index contributed by atoms with van der Waals surface area (Å²) in [5.74, 6) is 0. The van der Waals surface area contributed by atoms with Crippen molar-refractivity contribution in [3.8, 4) is 44.5 Å². The number of fused-ring (bicyclic) bond motifs is 7. The van der Waals surface area contributed by atoms with E-state index in [1.165, 1.54) is 82.2 Å². The molecular formula is C52H32O. The lowest BCUT2D eigenvalue weighted by molar-refractivity contribution is 0.669. The highest BCUT2D eigenvalue weighted by atomic mass is 16.3. The molecule has 11 aromatic rings. The van der Waals surface area contributed by atoms with Gasteiger partial charge in [-0.1, -0.05) is 170 Å². The lowest BCUT2D eigenvalue weighted by Crippen LogP contribution is -1.93. The van der Waals surface area contributed by atoms with Gasteiger partial charge in [-0.05, 0) is 106 Å². The summed E-state index contributed by atoms with van der Waals surface area (Å²) in [5, 5.41) is 12.1. The molecule has 0 spiro atoms. The molecule has 0 N–H and O–H groups in total. The molecule has 11 rings (SSSR count). The van der Waals surface area contributed by atoms with Crippen molar-refractivity contribution in [1.29, 1.82) is 0 Å². The standard InChI is InChI=1S/C52H32O/c1-3-14-33(15-4-1)35-26-28-39-37(30-35)19-13-25-41(39)49-42-21-9-11-23-44(42)50(45-24-12-10-22-43(45)49)52-40-20-8-7-18-38(40)32-48-51(52)46-31-36(27-29-47(46)53-48)34-16-5-2-6-17-34/h1-32H. The van der Waals surface area contributed by atoms with Crippen molar-refractivity contribution < 1.29 is 4.42 Å². The van der Waals surface area contributed by atoms with Gasteiger partial charge in [-0.15, -0.1) is 0 Å². The smallest absolute Gasteiger partial charge is 0.136 e. The van der Waals surface area contributed by atoms with Gasteiger partial charge in [-0.25, -0.2) is 0 Å². The lowest BCUT2D eigenvalue weighted by atomic mass is 9.82. The average Bonchev–Trinajstić information content (AvgIpc) is 3.60. The predicted molar refractivity (Wildman–Crippen MR) is 225 cm³/mol. The molecule has 0 atom stereocenters. The fourth-order valence-electron chi connectivity index (χ4n) is 8.67. The first-order valence-corrected chi connectivity index (χ1v) is 18.3. The van der Waals surface area contributed by atoms with Gasteiger partial charge in [-0.2, -0.15) is 0 Å². The Balaban J connectivity index is 1.26. The van der Waals surface area contributed by atoms with Crippen molar-refractivity contribution in [2.24, 2.45) is 0 Å². The van der Waals surface area contributed by atoms with Crippen LogP contribution >= 0.6 is 0 Å². The first-order valence-electron chi connectivity index (χ1n) is 18.3. The van der Waals surface area contributed by atoms with Crippen LogP contribution < -0.4 is 0 Å². The number of hydrogen-bond donors (Lipinski definition) is 0. The van der Waals surface area contributed by atoms with E-state index in [1.807, 2.05) is 0 Å².